The molecule has 0 aliphatic rings. The molecule has 3 rings (SSSR count). The second-order valence-corrected chi connectivity index (χ2v) is 5.59. The van der Waals surface area contributed by atoms with E-state index in [2.05, 4.69) is 20.4 Å². The van der Waals surface area contributed by atoms with Crippen molar-refractivity contribution in [2.45, 2.75) is 26.2 Å². The molecule has 0 aliphatic heterocycles. The minimum absolute atomic E-state index is 0.0560. The van der Waals surface area contributed by atoms with Crippen molar-refractivity contribution in [2.24, 2.45) is 0 Å². The zero-order valence-electron chi connectivity index (χ0n) is 13.1. The Morgan fingerprint density at radius 3 is 3.04 bits per heavy atom. The molecule has 0 saturated heterocycles. The van der Waals surface area contributed by atoms with Crippen molar-refractivity contribution in [3.8, 4) is 0 Å². The number of aryl methyl sites for hydroxylation is 2. The number of nitrogens with one attached hydrogen (secondary N) is 1. The minimum Gasteiger partial charge on any atom is -0.356 e. The first kappa shape index (κ1) is 15.1. The summed E-state index contributed by atoms with van der Waals surface area (Å²) in [4.78, 5) is 20.2. The molecule has 0 saturated carbocycles. The number of carbonyl (C=O) groups excluding carboxylic acids is 1. The number of hydrogen-bond acceptors (Lipinski definition) is 4. The monoisotopic (exact) mass is 309 g/mol. The minimum atomic E-state index is 0.0560. The van der Waals surface area contributed by atoms with E-state index in [1.165, 1.54) is 11.9 Å². The average Bonchev–Trinajstić information content (AvgIpc) is 2.99. The first-order chi connectivity index (χ1) is 11.2. The Bertz CT molecular complexity index is 811. The van der Waals surface area contributed by atoms with Gasteiger partial charge in [-0.05, 0) is 30.9 Å². The summed E-state index contributed by atoms with van der Waals surface area (Å²) in [5, 5.41) is 7.02. The van der Waals surface area contributed by atoms with Crippen LogP contribution in [0.4, 0.5) is 0 Å². The molecule has 0 fully saturated rings. The predicted octanol–water partition coefficient (Wildman–Crippen LogP) is 1.72. The Balaban J connectivity index is 1.43. The fourth-order valence-electron chi connectivity index (χ4n) is 2.48. The Kier molecular flexibility index (Phi) is 4.61. The molecule has 0 spiro atoms. The van der Waals surface area contributed by atoms with Crippen LogP contribution in [0.3, 0.4) is 0 Å². The second kappa shape index (κ2) is 7.00. The Labute approximate surface area is 134 Å². The summed E-state index contributed by atoms with van der Waals surface area (Å²) in [6.45, 7) is 2.68. The molecule has 2 aromatic heterocycles. The molecule has 0 bridgehead atoms. The highest BCUT2D eigenvalue weighted by Gasteiger charge is 2.04. The van der Waals surface area contributed by atoms with E-state index in [0.717, 1.165) is 24.0 Å². The van der Waals surface area contributed by atoms with Crippen LogP contribution in [-0.2, 0) is 17.6 Å². The zero-order chi connectivity index (χ0) is 16.1. The van der Waals surface area contributed by atoms with E-state index in [9.17, 15) is 4.79 Å². The van der Waals surface area contributed by atoms with Crippen molar-refractivity contribution in [2.75, 3.05) is 6.54 Å². The number of carbonyl (C=O) groups is 1. The van der Waals surface area contributed by atoms with Crippen LogP contribution in [0, 0.1) is 6.92 Å². The first-order valence-corrected chi connectivity index (χ1v) is 7.67. The molecule has 3 aromatic rings. The van der Waals surface area contributed by atoms with Gasteiger partial charge in [0.05, 0.1) is 6.42 Å². The maximum absolute atomic E-state index is 11.9. The van der Waals surface area contributed by atoms with Crippen LogP contribution in [0.2, 0.25) is 0 Å². The first-order valence-electron chi connectivity index (χ1n) is 7.67. The van der Waals surface area contributed by atoms with E-state index in [1.54, 1.807) is 10.7 Å². The smallest absolute Gasteiger partial charge is 0.252 e. The molecule has 0 radical (unpaired) electrons. The van der Waals surface area contributed by atoms with Crippen LogP contribution in [0.1, 0.15) is 23.1 Å². The van der Waals surface area contributed by atoms with E-state index in [4.69, 9.17) is 0 Å². The molecule has 118 valence electrons. The van der Waals surface area contributed by atoms with Crippen LogP contribution in [0.15, 0.2) is 43.0 Å². The van der Waals surface area contributed by atoms with Gasteiger partial charge in [0, 0.05) is 18.9 Å². The number of aromatic nitrogens is 4. The van der Waals surface area contributed by atoms with Gasteiger partial charge in [0.25, 0.3) is 5.78 Å². The highest BCUT2D eigenvalue weighted by atomic mass is 16.1. The molecular formula is C17H19N5O. The van der Waals surface area contributed by atoms with Gasteiger partial charge in [0.2, 0.25) is 5.91 Å². The number of hydrogen-bond donors (Lipinski definition) is 1. The lowest BCUT2D eigenvalue weighted by atomic mass is 10.1. The van der Waals surface area contributed by atoms with E-state index >= 15 is 0 Å². The van der Waals surface area contributed by atoms with E-state index in [-0.39, 0.29) is 5.91 Å². The van der Waals surface area contributed by atoms with Crippen LogP contribution in [0.25, 0.3) is 5.78 Å². The summed E-state index contributed by atoms with van der Waals surface area (Å²) in [5.41, 5.74) is 3.30. The summed E-state index contributed by atoms with van der Waals surface area (Å²) in [7, 11) is 0. The van der Waals surface area contributed by atoms with E-state index in [0.29, 0.717) is 18.7 Å². The fraction of sp³-hybridized carbons (Fsp3) is 0.294. The highest BCUT2D eigenvalue weighted by molar-refractivity contribution is 5.78. The number of rotatable bonds is 6. The molecule has 6 heteroatoms. The predicted molar refractivity (Wildman–Crippen MR) is 87.0 cm³/mol. The van der Waals surface area contributed by atoms with Gasteiger partial charge in [-0.1, -0.05) is 29.8 Å². The molecule has 23 heavy (non-hydrogen) atoms. The van der Waals surface area contributed by atoms with Gasteiger partial charge >= 0.3 is 0 Å². The lowest BCUT2D eigenvalue weighted by Crippen LogP contribution is -2.26. The summed E-state index contributed by atoms with van der Waals surface area (Å²) in [5.74, 6) is 0.653. The van der Waals surface area contributed by atoms with Crippen molar-refractivity contribution in [3.05, 3.63) is 59.7 Å². The molecule has 0 unspecified atom stereocenters. The fourth-order valence-corrected chi connectivity index (χ4v) is 2.48. The topological polar surface area (TPSA) is 72.2 Å². The zero-order valence-corrected chi connectivity index (χ0v) is 13.1. The third kappa shape index (κ3) is 4.12. The number of fused-ring (bicyclic) bond motifs is 1. The Morgan fingerprint density at radius 1 is 1.26 bits per heavy atom. The number of benzene rings is 1. The SMILES string of the molecule is Cc1cccc(CC(=O)NCCCc2cnc3ncnn3c2)c1. The van der Waals surface area contributed by atoms with Crippen LogP contribution in [-0.4, -0.2) is 32.0 Å². The van der Waals surface area contributed by atoms with Gasteiger partial charge in [-0.25, -0.2) is 9.50 Å². The summed E-state index contributed by atoms with van der Waals surface area (Å²) in [6.07, 6.45) is 7.34. The second-order valence-electron chi connectivity index (χ2n) is 5.59. The normalized spacial score (nSPS) is 10.8. The summed E-state index contributed by atoms with van der Waals surface area (Å²) in [6, 6.07) is 8.02. The lowest BCUT2D eigenvalue weighted by molar-refractivity contribution is -0.120. The molecule has 1 aromatic carbocycles. The molecule has 1 amide bonds. The number of nitrogens with zero attached hydrogens (tertiary/aromatic N) is 4. The lowest BCUT2D eigenvalue weighted by Gasteiger charge is -2.06. The van der Waals surface area contributed by atoms with Crippen molar-refractivity contribution in [1.29, 1.82) is 0 Å². The van der Waals surface area contributed by atoms with Gasteiger partial charge < -0.3 is 5.32 Å². The van der Waals surface area contributed by atoms with Crippen molar-refractivity contribution in [1.82, 2.24) is 24.9 Å². The molecule has 6 nitrogen and oxygen atoms in total. The van der Waals surface area contributed by atoms with Crippen molar-refractivity contribution >= 4 is 11.7 Å². The summed E-state index contributed by atoms with van der Waals surface area (Å²) < 4.78 is 1.66. The highest BCUT2D eigenvalue weighted by Crippen LogP contribution is 2.05. The molecule has 0 aliphatic carbocycles. The van der Waals surface area contributed by atoms with Gasteiger partial charge in [0.15, 0.2) is 0 Å². The molecule has 0 atom stereocenters. The molecular weight excluding hydrogens is 290 g/mol. The van der Waals surface area contributed by atoms with Crippen molar-refractivity contribution < 1.29 is 4.79 Å². The maximum atomic E-state index is 11.9. The van der Waals surface area contributed by atoms with Gasteiger partial charge in [-0.2, -0.15) is 10.1 Å². The molecule has 1 N–H and O–H groups in total. The van der Waals surface area contributed by atoms with Gasteiger partial charge in [-0.15, -0.1) is 0 Å². The number of amides is 1. The van der Waals surface area contributed by atoms with E-state index in [1.807, 2.05) is 37.4 Å². The third-order valence-corrected chi connectivity index (χ3v) is 3.60. The maximum Gasteiger partial charge on any atom is 0.252 e. The quantitative estimate of drug-likeness (QED) is 0.704. The average molecular weight is 309 g/mol. The Morgan fingerprint density at radius 2 is 2.17 bits per heavy atom. The molecule has 2 heterocycles. The van der Waals surface area contributed by atoms with Crippen LogP contribution in [0.5, 0.6) is 0 Å². The van der Waals surface area contributed by atoms with Gasteiger partial charge in [0.1, 0.15) is 6.33 Å². The van der Waals surface area contributed by atoms with Crippen LogP contribution >= 0.6 is 0 Å². The Hall–Kier alpha value is -2.76. The summed E-state index contributed by atoms with van der Waals surface area (Å²) >= 11 is 0. The van der Waals surface area contributed by atoms with E-state index < -0.39 is 0 Å². The van der Waals surface area contributed by atoms with Gasteiger partial charge in [-0.3, -0.25) is 4.79 Å². The van der Waals surface area contributed by atoms with Crippen molar-refractivity contribution in [3.63, 3.8) is 0 Å². The largest absolute Gasteiger partial charge is 0.356 e. The van der Waals surface area contributed by atoms with Crippen LogP contribution < -0.4 is 5.32 Å². The standard InChI is InChI=1S/C17H19N5O/c1-13-4-2-5-14(8-13)9-16(23)18-7-3-6-15-10-19-17-20-12-21-22(17)11-15/h2,4-5,8,10-12H,3,6-7,9H2,1H3,(H,18,23). The third-order valence-electron chi connectivity index (χ3n) is 3.60.